The number of hydrogen-bond acceptors (Lipinski definition) is 3. The van der Waals surface area contributed by atoms with Gasteiger partial charge in [0.25, 0.3) is 0 Å². The summed E-state index contributed by atoms with van der Waals surface area (Å²) in [4.78, 5) is 14.0. The standard InChI is InChI=1S/C17H23N3O3/c1-22-13-11-20(12-14-23-2)17(21)18-15-5-7-16(8-6-15)19-9-3-4-10-19/h3-10H,11-14H2,1-2H3,(H,18,21). The van der Waals surface area contributed by atoms with Crippen LogP contribution < -0.4 is 5.32 Å². The minimum absolute atomic E-state index is 0.159. The van der Waals surface area contributed by atoms with Gasteiger partial charge in [-0.1, -0.05) is 0 Å². The molecule has 2 amide bonds. The molecule has 6 heteroatoms. The Bertz CT molecular complexity index is 574. The first-order valence-electron chi connectivity index (χ1n) is 7.52. The van der Waals surface area contributed by atoms with Crippen molar-refractivity contribution in [2.75, 3.05) is 45.8 Å². The van der Waals surface area contributed by atoms with E-state index in [1.807, 2.05) is 53.4 Å². The number of benzene rings is 1. The molecule has 0 spiro atoms. The highest BCUT2D eigenvalue weighted by Gasteiger charge is 2.13. The second kappa shape index (κ2) is 8.97. The lowest BCUT2D eigenvalue weighted by Crippen LogP contribution is -2.39. The number of ether oxygens (including phenoxy) is 2. The smallest absolute Gasteiger partial charge is 0.321 e. The number of rotatable bonds is 8. The fourth-order valence-electron chi connectivity index (χ4n) is 2.14. The van der Waals surface area contributed by atoms with E-state index in [9.17, 15) is 4.79 Å². The fourth-order valence-corrected chi connectivity index (χ4v) is 2.14. The van der Waals surface area contributed by atoms with Gasteiger partial charge >= 0.3 is 6.03 Å². The maximum atomic E-state index is 12.3. The molecule has 0 saturated carbocycles. The number of urea groups is 1. The van der Waals surface area contributed by atoms with Gasteiger partial charge < -0.3 is 24.3 Å². The van der Waals surface area contributed by atoms with Crippen LogP contribution in [0.15, 0.2) is 48.8 Å². The molecule has 2 aromatic rings. The average Bonchev–Trinajstić information content (AvgIpc) is 3.10. The van der Waals surface area contributed by atoms with Crippen molar-refractivity contribution in [2.24, 2.45) is 0 Å². The minimum Gasteiger partial charge on any atom is -0.383 e. The lowest BCUT2D eigenvalue weighted by molar-refractivity contribution is 0.127. The van der Waals surface area contributed by atoms with E-state index < -0.39 is 0 Å². The summed E-state index contributed by atoms with van der Waals surface area (Å²) in [6, 6.07) is 11.5. The quantitative estimate of drug-likeness (QED) is 0.814. The summed E-state index contributed by atoms with van der Waals surface area (Å²) in [6.07, 6.45) is 3.95. The molecule has 0 aliphatic carbocycles. The zero-order valence-electron chi connectivity index (χ0n) is 13.6. The molecule has 124 valence electrons. The topological polar surface area (TPSA) is 55.7 Å². The molecule has 2 rings (SSSR count). The monoisotopic (exact) mass is 317 g/mol. The van der Waals surface area contributed by atoms with Crippen molar-refractivity contribution in [1.82, 2.24) is 9.47 Å². The highest BCUT2D eigenvalue weighted by molar-refractivity contribution is 5.89. The van der Waals surface area contributed by atoms with Crippen molar-refractivity contribution >= 4 is 11.7 Å². The van der Waals surface area contributed by atoms with Crippen molar-refractivity contribution in [3.63, 3.8) is 0 Å². The minimum atomic E-state index is -0.159. The van der Waals surface area contributed by atoms with E-state index >= 15 is 0 Å². The third kappa shape index (κ3) is 5.12. The summed E-state index contributed by atoms with van der Waals surface area (Å²) < 4.78 is 12.1. The Kier molecular flexibility index (Phi) is 6.65. The van der Waals surface area contributed by atoms with Gasteiger partial charge in [0.05, 0.1) is 13.2 Å². The van der Waals surface area contributed by atoms with Crippen LogP contribution in [0.3, 0.4) is 0 Å². The molecule has 23 heavy (non-hydrogen) atoms. The molecular weight excluding hydrogens is 294 g/mol. The molecule has 1 aromatic heterocycles. The lowest BCUT2D eigenvalue weighted by atomic mass is 10.3. The molecule has 0 bridgehead atoms. The highest BCUT2D eigenvalue weighted by Crippen LogP contribution is 2.14. The normalized spacial score (nSPS) is 10.5. The number of nitrogens with zero attached hydrogens (tertiary/aromatic N) is 2. The van der Waals surface area contributed by atoms with Crippen molar-refractivity contribution in [2.45, 2.75) is 0 Å². The molecule has 0 aliphatic rings. The number of aromatic nitrogens is 1. The Hall–Kier alpha value is -2.31. The summed E-state index contributed by atoms with van der Waals surface area (Å²) in [6.45, 7) is 2.02. The lowest BCUT2D eigenvalue weighted by Gasteiger charge is -2.22. The summed E-state index contributed by atoms with van der Waals surface area (Å²) in [5, 5.41) is 2.90. The number of amides is 2. The van der Waals surface area contributed by atoms with E-state index in [0.29, 0.717) is 26.3 Å². The van der Waals surface area contributed by atoms with Crippen LogP contribution in [0, 0.1) is 0 Å². The maximum absolute atomic E-state index is 12.3. The Labute approximate surface area is 136 Å². The highest BCUT2D eigenvalue weighted by atomic mass is 16.5. The molecular formula is C17H23N3O3. The molecule has 0 atom stereocenters. The first kappa shape index (κ1) is 17.1. The number of carbonyl (C=O) groups is 1. The van der Waals surface area contributed by atoms with Gasteiger partial charge in [-0.05, 0) is 36.4 Å². The molecule has 0 unspecified atom stereocenters. The average molecular weight is 317 g/mol. The molecule has 1 aromatic carbocycles. The van der Waals surface area contributed by atoms with E-state index in [1.165, 1.54) is 0 Å². The summed E-state index contributed by atoms with van der Waals surface area (Å²) >= 11 is 0. The second-order valence-electron chi connectivity index (χ2n) is 5.04. The molecule has 0 radical (unpaired) electrons. The molecule has 1 heterocycles. The number of methoxy groups -OCH3 is 2. The Morgan fingerprint density at radius 1 is 1.04 bits per heavy atom. The molecule has 6 nitrogen and oxygen atoms in total. The number of carbonyl (C=O) groups excluding carboxylic acids is 1. The van der Waals surface area contributed by atoms with Gasteiger partial charge in [0.15, 0.2) is 0 Å². The van der Waals surface area contributed by atoms with Crippen molar-refractivity contribution in [3.8, 4) is 5.69 Å². The Balaban J connectivity index is 1.96. The zero-order chi connectivity index (χ0) is 16.5. The zero-order valence-corrected chi connectivity index (χ0v) is 13.6. The number of nitrogens with one attached hydrogen (secondary N) is 1. The summed E-state index contributed by atoms with van der Waals surface area (Å²) in [7, 11) is 3.23. The van der Waals surface area contributed by atoms with Gasteiger partial charge in [0.2, 0.25) is 0 Å². The first-order valence-corrected chi connectivity index (χ1v) is 7.52. The van der Waals surface area contributed by atoms with Gasteiger partial charge in [-0.3, -0.25) is 0 Å². The van der Waals surface area contributed by atoms with Gasteiger partial charge in [0.1, 0.15) is 0 Å². The molecule has 0 aliphatic heterocycles. The third-order valence-corrected chi connectivity index (χ3v) is 3.44. The molecule has 0 saturated heterocycles. The molecule has 0 fully saturated rings. The fraction of sp³-hybridized carbons (Fsp3) is 0.353. The Morgan fingerprint density at radius 2 is 1.61 bits per heavy atom. The van der Waals surface area contributed by atoms with E-state index in [1.54, 1.807) is 19.1 Å². The van der Waals surface area contributed by atoms with Gasteiger partial charge in [-0.15, -0.1) is 0 Å². The first-order chi connectivity index (χ1) is 11.2. The SMILES string of the molecule is COCCN(CCOC)C(=O)Nc1ccc(-n2cccc2)cc1. The Morgan fingerprint density at radius 3 is 2.13 bits per heavy atom. The predicted molar refractivity (Wildman–Crippen MR) is 90.1 cm³/mol. The van der Waals surface area contributed by atoms with Crippen LogP contribution in [0.5, 0.6) is 0 Å². The van der Waals surface area contributed by atoms with Crippen molar-refractivity contribution in [1.29, 1.82) is 0 Å². The van der Waals surface area contributed by atoms with Crippen molar-refractivity contribution in [3.05, 3.63) is 48.8 Å². The van der Waals surface area contributed by atoms with E-state index in [2.05, 4.69) is 5.32 Å². The van der Waals surface area contributed by atoms with Crippen molar-refractivity contribution < 1.29 is 14.3 Å². The van der Waals surface area contributed by atoms with Crippen LogP contribution in [0.4, 0.5) is 10.5 Å². The van der Waals surface area contributed by atoms with E-state index in [-0.39, 0.29) is 6.03 Å². The maximum Gasteiger partial charge on any atom is 0.321 e. The van der Waals surface area contributed by atoms with Gasteiger partial charge in [-0.2, -0.15) is 0 Å². The van der Waals surface area contributed by atoms with Gasteiger partial charge in [-0.25, -0.2) is 4.79 Å². The number of anilines is 1. The van der Waals surface area contributed by atoms with Crippen LogP contribution in [0.2, 0.25) is 0 Å². The predicted octanol–water partition coefficient (Wildman–Crippen LogP) is 2.60. The van der Waals surface area contributed by atoms with E-state index in [0.717, 1.165) is 11.4 Å². The van der Waals surface area contributed by atoms with Crippen LogP contribution >= 0.6 is 0 Å². The third-order valence-electron chi connectivity index (χ3n) is 3.44. The largest absolute Gasteiger partial charge is 0.383 e. The number of hydrogen-bond donors (Lipinski definition) is 1. The van der Waals surface area contributed by atoms with Crippen LogP contribution in [0.1, 0.15) is 0 Å². The van der Waals surface area contributed by atoms with Gasteiger partial charge in [0, 0.05) is 51.1 Å². The van der Waals surface area contributed by atoms with Crippen LogP contribution in [-0.2, 0) is 9.47 Å². The molecule has 1 N–H and O–H groups in total. The summed E-state index contributed by atoms with van der Waals surface area (Å²) in [5.74, 6) is 0. The summed E-state index contributed by atoms with van der Waals surface area (Å²) in [5.41, 5.74) is 1.80. The van der Waals surface area contributed by atoms with Crippen LogP contribution in [0.25, 0.3) is 5.69 Å². The van der Waals surface area contributed by atoms with Crippen LogP contribution in [-0.4, -0.2) is 56.0 Å². The second-order valence-corrected chi connectivity index (χ2v) is 5.04. The van der Waals surface area contributed by atoms with E-state index in [4.69, 9.17) is 9.47 Å².